The van der Waals surface area contributed by atoms with Crippen LogP contribution in [0.5, 0.6) is 5.75 Å². The molecule has 5 nitrogen and oxygen atoms in total. The molecule has 6 heteroatoms. The standard InChI is InChI=1S/C14H19ClO5/c1-2-3-7-19-8-10(16)9-20-13-11(14(17)18)5-4-6-12(13)15/h4-6,10,16H,2-3,7-9H2,1H3,(H,17,18). The SMILES string of the molecule is CCCCOCC(O)COc1c(Cl)cccc1C(=O)O. The van der Waals surface area contributed by atoms with Crippen molar-refractivity contribution >= 4 is 17.6 Å². The molecular weight excluding hydrogens is 284 g/mol. The molecule has 0 heterocycles. The van der Waals surface area contributed by atoms with Crippen molar-refractivity contribution in [2.45, 2.75) is 25.9 Å². The minimum absolute atomic E-state index is 0.0309. The first-order valence-corrected chi connectivity index (χ1v) is 6.84. The highest BCUT2D eigenvalue weighted by Gasteiger charge is 2.16. The van der Waals surface area contributed by atoms with E-state index in [0.717, 1.165) is 12.8 Å². The summed E-state index contributed by atoms with van der Waals surface area (Å²) in [6.45, 7) is 2.71. The van der Waals surface area contributed by atoms with Gasteiger partial charge in [-0.15, -0.1) is 0 Å². The van der Waals surface area contributed by atoms with Gasteiger partial charge in [0.2, 0.25) is 0 Å². The van der Waals surface area contributed by atoms with Crippen LogP contribution in [-0.2, 0) is 4.74 Å². The Labute approximate surface area is 123 Å². The van der Waals surface area contributed by atoms with E-state index < -0.39 is 12.1 Å². The Balaban J connectivity index is 2.50. The third-order valence-corrected chi connectivity index (χ3v) is 2.87. The van der Waals surface area contributed by atoms with E-state index >= 15 is 0 Å². The smallest absolute Gasteiger partial charge is 0.339 e. The van der Waals surface area contributed by atoms with Crippen molar-refractivity contribution in [3.8, 4) is 5.75 Å². The molecule has 2 N–H and O–H groups in total. The highest BCUT2D eigenvalue weighted by molar-refractivity contribution is 6.32. The third kappa shape index (κ3) is 5.36. The normalized spacial score (nSPS) is 12.2. The Kier molecular flexibility index (Phi) is 7.36. The van der Waals surface area contributed by atoms with Crippen LogP contribution in [-0.4, -0.2) is 42.1 Å². The molecule has 0 bridgehead atoms. The van der Waals surface area contributed by atoms with Gasteiger partial charge >= 0.3 is 5.97 Å². The molecule has 1 aromatic carbocycles. The number of aromatic carboxylic acids is 1. The molecule has 0 saturated carbocycles. The molecule has 1 aromatic rings. The lowest BCUT2D eigenvalue weighted by atomic mass is 10.2. The number of benzene rings is 1. The summed E-state index contributed by atoms with van der Waals surface area (Å²) in [5, 5.41) is 18.9. The second-order valence-electron chi connectivity index (χ2n) is 4.31. The summed E-state index contributed by atoms with van der Waals surface area (Å²) in [5.74, 6) is -1.06. The molecule has 0 aliphatic heterocycles. The summed E-state index contributed by atoms with van der Waals surface area (Å²) in [7, 11) is 0. The number of para-hydroxylation sites is 1. The molecule has 0 amide bonds. The van der Waals surface area contributed by atoms with E-state index in [1.54, 1.807) is 0 Å². The number of hydrogen-bond acceptors (Lipinski definition) is 4. The van der Waals surface area contributed by atoms with Gasteiger partial charge in [-0.2, -0.15) is 0 Å². The van der Waals surface area contributed by atoms with Crippen molar-refractivity contribution < 1.29 is 24.5 Å². The molecule has 1 atom stereocenters. The summed E-state index contributed by atoms with van der Waals surface area (Å²) < 4.78 is 10.6. The third-order valence-electron chi connectivity index (χ3n) is 2.57. The monoisotopic (exact) mass is 302 g/mol. The topological polar surface area (TPSA) is 76.0 Å². The average molecular weight is 303 g/mol. The number of unbranched alkanes of at least 4 members (excludes halogenated alkanes) is 1. The first kappa shape index (κ1) is 16.8. The maximum atomic E-state index is 11.0. The molecule has 0 saturated heterocycles. The number of halogens is 1. The van der Waals surface area contributed by atoms with Crippen LogP contribution in [0.1, 0.15) is 30.1 Å². The summed E-state index contributed by atoms with van der Waals surface area (Å²) in [4.78, 5) is 11.0. The van der Waals surface area contributed by atoms with E-state index in [1.165, 1.54) is 18.2 Å². The van der Waals surface area contributed by atoms with Crippen molar-refractivity contribution in [3.05, 3.63) is 28.8 Å². The number of carbonyl (C=O) groups is 1. The maximum Gasteiger partial charge on any atom is 0.339 e. The van der Waals surface area contributed by atoms with Crippen LogP contribution in [0.15, 0.2) is 18.2 Å². The van der Waals surface area contributed by atoms with Crippen molar-refractivity contribution in [2.75, 3.05) is 19.8 Å². The van der Waals surface area contributed by atoms with Gasteiger partial charge in [0.15, 0.2) is 5.75 Å². The Morgan fingerprint density at radius 2 is 2.15 bits per heavy atom. The van der Waals surface area contributed by atoms with Gasteiger partial charge in [0.1, 0.15) is 18.3 Å². The predicted octanol–water partition coefficient (Wildman–Crippen LogP) is 2.59. The van der Waals surface area contributed by atoms with E-state index in [9.17, 15) is 9.90 Å². The number of carboxylic acids is 1. The number of ether oxygens (including phenoxy) is 2. The Morgan fingerprint density at radius 1 is 1.40 bits per heavy atom. The Morgan fingerprint density at radius 3 is 2.80 bits per heavy atom. The Bertz CT molecular complexity index is 436. The molecule has 0 aliphatic rings. The Hall–Kier alpha value is -1.30. The van der Waals surface area contributed by atoms with Gasteiger partial charge in [-0.05, 0) is 18.6 Å². The van der Waals surface area contributed by atoms with Gasteiger partial charge in [-0.3, -0.25) is 0 Å². The summed E-state index contributed by atoms with van der Waals surface area (Å²) in [6.07, 6.45) is 1.12. The van der Waals surface area contributed by atoms with Crippen molar-refractivity contribution in [1.82, 2.24) is 0 Å². The number of aliphatic hydroxyl groups excluding tert-OH is 1. The predicted molar refractivity (Wildman–Crippen MR) is 75.6 cm³/mol. The van der Waals surface area contributed by atoms with E-state index in [0.29, 0.717) is 6.61 Å². The fourth-order valence-electron chi connectivity index (χ4n) is 1.52. The van der Waals surface area contributed by atoms with Crippen molar-refractivity contribution in [2.24, 2.45) is 0 Å². The summed E-state index contributed by atoms with van der Waals surface area (Å²) in [6, 6.07) is 4.46. The van der Waals surface area contributed by atoms with E-state index in [2.05, 4.69) is 0 Å². The van der Waals surface area contributed by atoms with E-state index in [-0.39, 0.29) is 29.5 Å². The maximum absolute atomic E-state index is 11.0. The zero-order chi connectivity index (χ0) is 15.0. The fourth-order valence-corrected chi connectivity index (χ4v) is 1.75. The summed E-state index contributed by atoms with van der Waals surface area (Å²) in [5.41, 5.74) is -0.0309. The first-order valence-electron chi connectivity index (χ1n) is 6.46. The zero-order valence-corrected chi connectivity index (χ0v) is 12.1. The summed E-state index contributed by atoms with van der Waals surface area (Å²) >= 11 is 5.90. The highest BCUT2D eigenvalue weighted by atomic mass is 35.5. The minimum Gasteiger partial charge on any atom is -0.488 e. The zero-order valence-electron chi connectivity index (χ0n) is 11.3. The molecule has 0 aliphatic carbocycles. The van der Waals surface area contributed by atoms with Gasteiger partial charge in [-0.25, -0.2) is 4.79 Å². The molecule has 1 unspecified atom stereocenters. The van der Waals surface area contributed by atoms with Crippen LogP contribution in [0, 0.1) is 0 Å². The number of hydrogen-bond donors (Lipinski definition) is 2. The fraction of sp³-hybridized carbons (Fsp3) is 0.500. The molecule has 1 rings (SSSR count). The van der Waals surface area contributed by atoms with Gasteiger partial charge in [0.25, 0.3) is 0 Å². The second-order valence-corrected chi connectivity index (χ2v) is 4.72. The molecule has 0 radical (unpaired) electrons. The molecule has 0 aromatic heterocycles. The van der Waals surface area contributed by atoms with Crippen LogP contribution >= 0.6 is 11.6 Å². The van der Waals surface area contributed by atoms with Crippen LogP contribution in [0.4, 0.5) is 0 Å². The molecule has 0 spiro atoms. The van der Waals surface area contributed by atoms with Gasteiger partial charge < -0.3 is 19.7 Å². The van der Waals surface area contributed by atoms with Gasteiger partial charge in [0, 0.05) is 6.61 Å². The largest absolute Gasteiger partial charge is 0.488 e. The van der Waals surface area contributed by atoms with Gasteiger partial charge in [0.05, 0.1) is 11.6 Å². The quantitative estimate of drug-likeness (QED) is 0.686. The number of aliphatic hydroxyl groups is 1. The van der Waals surface area contributed by atoms with E-state index in [4.69, 9.17) is 26.2 Å². The van der Waals surface area contributed by atoms with Crippen LogP contribution < -0.4 is 4.74 Å². The highest BCUT2D eigenvalue weighted by Crippen LogP contribution is 2.28. The first-order chi connectivity index (χ1) is 9.56. The molecule has 112 valence electrons. The van der Waals surface area contributed by atoms with Crippen molar-refractivity contribution in [3.63, 3.8) is 0 Å². The average Bonchev–Trinajstić information content (AvgIpc) is 2.42. The second kappa shape index (κ2) is 8.79. The minimum atomic E-state index is -1.13. The van der Waals surface area contributed by atoms with E-state index in [1.807, 2.05) is 6.92 Å². The van der Waals surface area contributed by atoms with Crippen LogP contribution in [0.2, 0.25) is 5.02 Å². The molecule has 0 fully saturated rings. The lowest BCUT2D eigenvalue weighted by Gasteiger charge is -2.15. The van der Waals surface area contributed by atoms with Gasteiger partial charge in [-0.1, -0.05) is 31.0 Å². The lowest BCUT2D eigenvalue weighted by Crippen LogP contribution is -2.24. The lowest BCUT2D eigenvalue weighted by molar-refractivity contribution is 0.0110. The van der Waals surface area contributed by atoms with Crippen LogP contribution in [0.3, 0.4) is 0 Å². The van der Waals surface area contributed by atoms with Crippen LogP contribution in [0.25, 0.3) is 0 Å². The molecule has 20 heavy (non-hydrogen) atoms. The number of carboxylic acid groups (broad SMARTS) is 1. The molecular formula is C14H19ClO5. The van der Waals surface area contributed by atoms with Crippen molar-refractivity contribution in [1.29, 1.82) is 0 Å². The number of rotatable bonds is 9.